The first-order valence-electron chi connectivity index (χ1n) is 3.54. The molecule has 0 saturated carbocycles. The van der Waals surface area contributed by atoms with Gasteiger partial charge in [-0.1, -0.05) is 0 Å². The van der Waals surface area contributed by atoms with Gasteiger partial charge in [0.25, 0.3) is 5.91 Å². The minimum Gasteiger partial charge on any atom is -0.503 e. The van der Waals surface area contributed by atoms with Crippen LogP contribution in [0.2, 0.25) is 0 Å². The second kappa shape index (κ2) is 3.25. The molecule has 0 aliphatic carbocycles. The number of rotatable bonds is 2. The molecule has 12 heavy (non-hydrogen) atoms. The van der Waals surface area contributed by atoms with Gasteiger partial charge in [0.05, 0.1) is 13.2 Å². The van der Waals surface area contributed by atoms with Gasteiger partial charge in [0.15, 0.2) is 5.76 Å². The van der Waals surface area contributed by atoms with Crippen LogP contribution in [0.5, 0.6) is 0 Å². The number of carbonyl (C=O) groups excluding carboxylic acids is 2. The predicted molar refractivity (Wildman–Crippen MR) is 39.3 cm³/mol. The van der Waals surface area contributed by atoms with Gasteiger partial charge in [-0.15, -0.1) is 0 Å². The van der Waals surface area contributed by atoms with Gasteiger partial charge < -0.3 is 15.2 Å². The summed E-state index contributed by atoms with van der Waals surface area (Å²) in [6.07, 6.45) is 0. The molecule has 0 fully saturated rings. The van der Waals surface area contributed by atoms with E-state index in [1.807, 2.05) is 0 Å². The van der Waals surface area contributed by atoms with E-state index in [9.17, 15) is 9.59 Å². The van der Waals surface area contributed by atoms with Gasteiger partial charge >= 0.3 is 5.97 Å². The Morgan fingerprint density at radius 1 is 1.75 bits per heavy atom. The van der Waals surface area contributed by atoms with E-state index in [2.05, 4.69) is 10.1 Å². The summed E-state index contributed by atoms with van der Waals surface area (Å²) in [6.45, 7) is 1.92. The van der Waals surface area contributed by atoms with E-state index in [1.165, 1.54) is 0 Å². The highest BCUT2D eigenvalue weighted by molar-refractivity contribution is 6.04. The average molecular weight is 171 g/mol. The normalized spacial score (nSPS) is 16.2. The summed E-state index contributed by atoms with van der Waals surface area (Å²) in [5, 5.41) is 11.3. The third-order valence-corrected chi connectivity index (χ3v) is 1.45. The molecule has 1 rings (SSSR count). The van der Waals surface area contributed by atoms with Crippen molar-refractivity contribution in [2.75, 3.05) is 13.2 Å². The van der Waals surface area contributed by atoms with Crippen LogP contribution in [-0.2, 0) is 14.3 Å². The zero-order valence-electron chi connectivity index (χ0n) is 6.59. The molecule has 2 N–H and O–H groups in total. The average Bonchev–Trinajstić information content (AvgIpc) is 2.34. The number of amides is 1. The Hall–Kier alpha value is -1.52. The number of hydrogen-bond acceptors (Lipinski definition) is 4. The van der Waals surface area contributed by atoms with Crippen LogP contribution < -0.4 is 5.32 Å². The van der Waals surface area contributed by atoms with E-state index < -0.39 is 17.6 Å². The van der Waals surface area contributed by atoms with Crippen molar-refractivity contribution in [2.24, 2.45) is 0 Å². The Morgan fingerprint density at radius 3 is 2.83 bits per heavy atom. The van der Waals surface area contributed by atoms with Gasteiger partial charge in [-0.3, -0.25) is 4.79 Å². The SMILES string of the molecule is CCOC(=O)C1=C(O)C(=O)NC1. The van der Waals surface area contributed by atoms with E-state index in [1.54, 1.807) is 6.92 Å². The molecule has 5 heteroatoms. The topological polar surface area (TPSA) is 75.6 Å². The fourth-order valence-electron chi connectivity index (χ4n) is 0.860. The van der Waals surface area contributed by atoms with E-state index in [0.717, 1.165) is 0 Å². The maximum atomic E-state index is 11.0. The van der Waals surface area contributed by atoms with E-state index in [-0.39, 0.29) is 18.7 Å². The highest BCUT2D eigenvalue weighted by Crippen LogP contribution is 2.09. The largest absolute Gasteiger partial charge is 0.503 e. The Morgan fingerprint density at radius 2 is 2.42 bits per heavy atom. The zero-order chi connectivity index (χ0) is 9.14. The Balaban J connectivity index is 2.75. The molecule has 0 atom stereocenters. The van der Waals surface area contributed by atoms with Crippen molar-refractivity contribution in [3.8, 4) is 0 Å². The molecule has 66 valence electrons. The van der Waals surface area contributed by atoms with Gasteiger partial charge in [0.1, 0.15) is 5.57 Å². The third kappa shape index (κ3) is 1.39. The predicted octanol–water partition coefficient (Wildman–Crippen LogP) is -0.509. The Bertz CT molecular complexity index is 256. The van der Waals surface area contributed by atoms with Crippen LogP contribution >= 0.6 is 0 Å². The van der Waals surface area contributed by atoms with Crippen LogP contribution in [0.4, 0.5) is 0 Å². The fraction of sp³-hybridized carbons (Fsp3) is 0.429. The maximum Gasteiger partial charge on any atom is 0.339 e. The number of hydrogen-bond donors (Lipinski definition) is 2. The Labute approximate surface area is 69.0 Å². The maximum absolute atomic E-state index is 11.0. The number of nitrogens with one attached hydrogen (secondary N) is 1. The lowest BCUT2D eigenvalue weighted by Crippen LogP contribution is -2.18. The molecule has 1 amide bonds. The van der Waals surface area contributed by atoms with E-state index in [4.69, 9.17) is 5.11 Å². The molecule has 1 aliphatic rings. The lowest BCUT2D eigenvalue weighted by Gasteiger charge is -1.99. The number of ether oxygens (including phenoxy) is 1. The molecule has 1 heterocycles. The monoisotopic (exact) mass is 171 g/mol. The zero-order valence-corrected chi connectivity index (χ0v) is 6.59. The molecular weight excluding hydrogens is 162 g/mol. The van der Waals surface area contributed by atoms with Crippen molar-refractivity contribution in [3.05, 3.63) is 11.3 Å². The molecule has 0 spiro atoms. The highest BCUT2D eigenvalue weighted by atomic mass is 16.5. The van der Waals surface area contributed by atoms with Gasteiger partial charge in [-0.25, -0.2) is 4.79 Å². The molecular formula is C7H9NO4. The Kier molecular flexibility index (Phi) is 2.32. The highest BCUT2D eigenvalue weighted by Gasteiger charge is 2.27. The van der Waals surface area contributed by atoms with E-state index in [0.29, 0.717) is 0 Å². The van der Waals surface area contributed by atoms with Gasteiger partial charge in [0, 0.05) is 0 Å². The number of carbonyl (C=O) groups is 2. The van der Waals surface area contributed by atoms with Crippen LogP contribution in [0.25, 0.3) is 0 Å². The molecule has 1 aliphatic heterocycles. The van der Waals surface area contributed by atoms with Crippen molar-refractivity contribution < 1.29 is 19.4 Å². The molecule has 0 aromatic heterocycles. The first-order chi connectivity index (χ1) is 5.66. The summed E-state index contributed by atoms with van der Waals surface area (Å²) in [5.41, 5.74) is 0.00171. The van der Waals surface area contributed by atoms with Crippen LogP contribution in [0, 0.1) is 0 Å². The van der Waals surface area contributed by atoms with Crippen LogP contribution in [-0.4, -0.2) is 30.1 Å². The molecule has 5 nitrogen and oxygen atoms in total. The fourth-order valence-corrected chi connectivity index (χ4v) is 0.860. The number of aliphatic hydroxyl groups excluding tert-OH is 1. The van der Waals surface area contributed by atoms with Gasteiger partial charge in [0.2, 0.25) is 0 Å². The third-order valence-electron chi connectivity index (χ3n) is 1.45. The minimum absolute atomic E-state index is 0.00171. The molecule has 0 unspecified atom stereocenters. The second-order valence-electron chi connectivity index (χ2n) is 2.23. The quantitative estimate of drug-likeness (QED) is 0.549. The molecule has 0 bridgehead atoms. The minimum atomic E-state index is -0.645. The summed E-state index contributed by atoms with van der Waals surface area (Å²) in [7, 11) is 0. The smallest absolute Gasteiger partial charge is 0.339 e. The van der Waals surface area contributed by atoms with Crippen molar-refractivity contribution in [1.82, 2.24) is 5.32 Å². The second-order valence-corrected chi connectivity index (χ2v) is 2.23. The first kappa shape index (κ1) is 8.58. The van der Waals surface area contributed by atoms with Crippen molar-refractivity contribution in [2.45, 2.75) is 6.92 Å². The van der Waals surface area contributed by atoms with Crippen LogP contribution in [0.15, 0.2) is 11.3 Å². The van der Waals surface area contributed by atoms with Crippen molar-refractivity contribution in [3.63, 3.8) is 0 Å². The number of aliphatic hydroxyl groups is 1. The summed E-state index contributed by atoms with van der Waals surface area (Å²) in [6, 6.07) is 0. The first-order valence-corrected chi connectivity index (χ1v) is 3.54. The standard InChI is InChI=1S/C7H9NO4/c1-2-12-7(11)4-3-8-6(10)5(4)9/h9H,2-3H2,1H3,(H,8,10). The van der Waals surface area contributed by atoms with Crippen molar-refractivity contribution >= 4 is 11.9 Å². The summed E-state index contributed by atoms with van der Waals surface area (Å²) in [5.74, 6) is -1.81. The summed E-state index contributed by atoms with van der Waals surface area (Å²) in [4.78, 5) is 21.6. The summed E-state index contributed by atoms with van der Waals surface area (Å²) < 4.78 is 4.60. The molecule has 0 aromatic rings. The summed E-state index contributed by atoms with van der Waals surface area (Å²) >= 11 is 0. The lowest BCUT2D eigenvalue weighted by atomic mass is 10.3. The van der Waals surface area contributed by atoms with Crippen LogP contribution in [0.3, 0.4) is 0 Å². The lowest BCUT2D eigenvalue weighted by molar-refractivity contribution is -0.138. The van der Waals surface area contributed by atoms with Crippen molar-refractivity contribution in [1.29, 1.82) is 0 Å². The van der Waals surface area contributed by atoms with Crippen LogP contribution in [0.1, 0.15) is 6.92 Å². The van der Waals surface area contributed by atoms with Gasteiger partial charge in [-0.2, -0.15) is 0 Å². The number of esters is 1. The molecule has 0 radical (unpaired) electrons. The van der Waals surface area contributed by atoms with E-state index >= 15 is 0 Å². The molecule has 0 aromatic carbocycles. The molecule has 0 saturated heterocycles. The van der Waals surface area contributed by atoms with Gasteiger partial charge in [-0.05, 0) is 6.92 Å².